The van der Waals surface area contributed by atoms with E-state index in [0.717, 1.165) is 36.9 Å². The number of hydrogen-bond acceptors (Lipinski definition) is 5. The first-order chi connectivity index (χ1) is 17.0. The Labute approximate surface area is 204 Å². The van der Waals surface area contributed by atoms with Gasteiger partial charge in [-0.2, -0.15) is 5.26 Å². The molecule has 0 aliphatic heterocycles. The summed E-state index contributed by atoms with van der Waals surface area (Å²) < 4.78 is 1.84. The molecule has 0 radical (unpaired) electrons. The molecule has 3 aromatic rings. The molecule has 0 saturated heterocycles. The number of nitrogens with zero attached hydrogens (tertiary/aromatic N) is 4. The number of aromatic nitrogens is 2. The quantitative estimate of drug-likeness (QED) is 0.466. The normalized spacial score (nSPS) is 13.9. The molecule has 1 fully saturated rings. The summed E-state index contributed by atoms with van der Waals surface area (Å²) in [6.07, 6.45) is 5.75. The van der Waals surface area contributed by atoms with Gasteiger partial charge in [-0.15, -0.1) is 0 Å². The van der Waals surface area contributed by atoms with Crippen LogP contribution in [-0.4, -0.2) is 40.3 Å². The Balaban J connectivity index is 1.55. The molecule has 0 atom stereocenters. The van der Waals surface area contributed by atoms with Crippen LogP contribution in [0.4, 0.5) is 22.1 Å². The molecule has 35 heavy (non-hydrogen) atoms. The topological polar surface area (TPSA) is 123 Å². The van der Waals surface area contributed by atoms with Crippen molar-refractivity contribution in [1.82, 2.24) is 9.55 Å². The maximum Gasteiger partial charge on any atom is 0.326 e. The highest BCUT2D eigenvalue weighted by Gasteiger charge is 2.25. The number of aryl methyl sites for hydroxylation is 1. The summed E-state index contributed by atoms with van der Waals surface area (Å²) in [5.74, 6) is 0.539. The van der Waals surface area contributed by atoms with Gasteiger partial charge in [0.05, 0.1) is 22.7 Å². The molecule has 9 nitrogen and oxygen atoms in total. The first-order valence-electron chi connectivity index (χ1n) is 12.0. The highest BCUT2D eigenvalue weighted by molar-refractivity contribution is 6.00. The molecular weight excluding hydrogens is 444 g/mol. The Bertz CT molecular complexity index is 1240. The molecule has 1 heterocycles. The highest BCUT2D eigenvalue weighted by Crippen LogP contribution is 2.29. The second kappa shape index (κ2) is 11.0. The molecule has 1 aliphatic carbocycles. The van der Waals surface area contributed by atoms with E-state index in [2.05, 4.69) is 15.6 Å². The van der Waals surface area contributed by atoms with Crippen LogP contribution in [0.1, 0.15) is 44.1 Å². The number of carbonyl (C=O) groups is 2. The number of fused-ring (bicyclic) bond motifs is 1. The number of nitrogens with one attached hydrogen (secondary N) is 2. The van der Waals surface area contributed by atoms with Crippen LogP contribution in [-0.2, 0) is 11.3 Å². The SMILES string of the molecule is CN(C(=O)C1CCCCC1)c1ccc2c(c1)nc(NC(=O)Nc1ccc(C#N)cc1)n2CCCO. The van der Waals surface area contributed by atoms with Crippen molar-refractivity contribution >= 4 is 40.3 Å². The van der Waals surface area contributed by atoms with Crippen molar-refractivity contribution in [3.63, 3.8) is 0 Å². The minimum atomic E-state index is -0.472. The number of hydrogen-bond donors (Lipinski definition) is 3. The number of amides is 3. The van der Waals surface area contributed by atoms with E-state index < -0.39 is 6.03 Å². The van der Waals surface area contributed by atoms with Gasteiger partial charge in [0.1, 0.15) is 0 Å². The van der Waals surface area contributed by atoms with Crippen molar-refractivity contribution < 1.29 is 14.7 Å². The highest BCUT2D eigenvalue weighted by atomic mass is 16.3. The third kappa shape index (κ3) is 5.61. The Morgan fingerprint density at radius 2 is 1.89 bits per heavy atom. The summed E-state index contributed by atoms with van der Waals surface area (Å²) in [6, 6.07) is 13.8. The number of carbonyl (C=O) groups excluding carboxylic acids is 2. The number of nitriles is 1. The third-order valence-corrected chi connectivity index (χ3v) is 6.44. The van der Waals surface area contributed by atoms with Gasteiger partial charge in [-0.25, -0.2) is 9.78 Å². The van der Waals surface area contributed by atoms with E-state index in [4.69, 9.17) is 5.26 Å². The van der Waals surface area contributed by atoms with E-state index in [9.17, 15) is 14.7 Å². The molecule has 1 aromatic heterocycles. The molecule has 1 aliphatic rings. The summed E-state index contributed by atoms with van der Waals surface area (Å²) in [5.41, 5.74) is 3.26. The number of benzene rings is 2. The van der Waals surface area contributed by atoms with Crippen LogP contribution >= 0.6 is 0 Å². The summed E-state index contributed by atoms with van der Waals surface area (Å²) in [6.45, 7) is 0.475. The number of rotatable bonds is 7. The summed E-state index contributed by atoms with van der Waals surface area (Å²) in [4.78, 5) is 32.0. The fraction of sp³-hybridized carbons (Fsp3) is 0.385. The van der Waals surface area contributed by atoms with Crippen LogP contribution in [0.2, 0.25) is 0 Å². The van der Waals surface area contributed by atoms with Gasteiger partial charge in [0, 0.05) is 37.5 Å². The first kappa shape index (κ1) is 24.2. The monoisotopic (exact) mass is 474 g/mol. The number of aliphatic hydroxyl groups is 1. The van der Waals surface area contributed by atoms with E-state index >= 15 is 0 Å². The molecule has 182 valence electrons. The molecule has 3 amide bonds. The number of anilines is 3. The lowest BCUT2D eigenvalue weighted by atomic mass is 9.88. The average molecular weight is 475 g/mol. The molecule has 9 heteroatoms. The van der Waals surface area contributed by atoms with E-state index in [-0.39, 0.29) is 18.4 Å². The van der Waals surface area contributed by atoms with Gasteiger partial charge >= 0.3 is 6.03 Å². The second-order valence-corrected chi connectivity index (χ2v) is 8.84. The molecular formula is C26H30N6O3. The van der Waals surface area contributed by atoms with Crippen LogP contribution < -0.4 is 15.5 Å². The van der Waals surface area contributed by atoms with E-state index in [1.807, 2.05) is 28.8 Å². The van der Waals surface area contributed by atoms with Gasteiger partial charge in [-0.3, -0.25) is 10.1 Å². The van der Waals surface area contributed by atoms with Gasteiger partial charge < -0.3 is 19.9 Å². The largest absolute Gasteiger partial charge is 0.396 e. The Morgan fingerprint density at radius 3 is 2.57 bits per heavy atom. The predicted octanol–water partition coefficient (Wildman–Crippen LogP) is 4.48. The Hall–Kier alpha value is -3.90. The summed E-state index contributed by atoms with van der Waals surface area (Å²) in [5, 5.41) is 23.8. The lowest BCUT2D eigenvalue weighted by molar-refractivity contribution is -0.123. The fourth-order valence-electron chi connectivity index (χ4n) is 4.52. The maximum absolute atomic E-state index is 13.0. The van der Waals surface area contributed by atoms with Crippen LogP contribution in [0, 0.1) is 17.2 Å². The maximum atomic E-state index is 13.0. The molecule has 3 N–H and O–H groups in total. The lowest BCUT2D eigenvalue weighted by Gasteiger charge is -2.26. The van der Waals surface area contributed by atoms with Gasteiger partial charge in [-0.05, 0) is 61.7 Å². The smallest absolute Gasteiger partial charge is 0.326 e. The zero-order chi connectivity index (χ0) is 24.8. The van der Waals surface area contributed by atoms with E-state index in [0.29, 0.717) is 35.7 Å². The number of urea groups is 1. The van der Waals surface area contributed by atoms with Crippen LogP contribution in [0.5, 0.6) is 0 Å². The first-order valence-corrected chi connectivity index (χ1v) is 12.0. The van der Waals surface area contributed by atoms with Crippen LogP contribution in [0.15, 0.2) is 42.5 Å². The van der Waals surface area contributed by atoms with Crippen molar-refractivity contribution in [3.05, 3.63) is 48.0 Å². The summed E-state index contributed by atoms with van der Waals surface area (Å²) >= 11 is 0. The third-order valence-electron chi connectivity index (χ3n) is 6.44. The van der Waals surface area contributed by atoms with Gasteiger partial charge in [0.2, 0.25) is 11.9 Å². The number of imidazole rings is 1. The van der Waals surface area contributed by atoms with Crippen LogP contribution in [0.25, 0.3) is 11.0 Å². The van der Waals surface area contributed by atoms with E-state index in [1.54, 1.807) is 36.2 Å². The van der Waals surface area contributed by atoms with Gasteiger partial charge in [0.25, 0.3) is 0 Å². The van der Waals surface area contributed by atoms with Crippen molar-refractivity contribution in [3.8, 4) is 6.07 Å². The van der Waals surface area contributed by atoms with Crippen LogP contribution in [0.3, 0.4) is 0 Å². The zero-order valence-electron chi connectivity index (χ0n) is 19.8. The van der Waals surface area contributed by atoms with Crippen molar-refractivity contribution in [2.45, 2.75) is 45.1 Å². The van der Waals surface area contributed by atoms with Crippen molar-refractivity contribution in [2.75, 3.05) is 29.2 Å². The Kier molecular flexibility index (Phi) is 7.63. The Morgan fingerprint density at radius 1 is 1.14 bits per heavy atom. The summed E-state index contributed by atoms with van der Waals surface area (Å²) in [7, 11) is 1.80. The molecule has 4 rings (SSSR count). The minimum Gasteiger partial charge on any atom is -0.396 e. The van der Waals surface area contributed by atoms with Gasteiger partial charge in [-0.1, -0.05) is 19.3 Å². The predicted molar refractivity (Wildman–Crippen MR) is 135 cm³/mol. The average Bonchev–Trinajstić information content (AvgIpc) is 3.23. The molecule has 0 unspecified atom stereocenters. The van der Waals surface area contributed by atoms with E-state index in [1.165, 1.54) is 6.42 Å². The molecule has 1 saturated carbocycles. The standard InChI is InChI=1S/C26H30N6O3/c1-31(24(34)19-6-3-2-4-7-19)21-12-13-23-22(16-21)29-25(32(23)14-5-15-33)30-26(35)28-20-10-8-18(17-27)9-11-20/h8-13,16,19,33H,2-7,14-15H2,1H3,(H2,28,29,30,35). The number of aliphatic hydroxyl groups excluding tert-OH is 1. The van der Waals surface area contributed by atoms with Gasteiger partial charge in [0.15, 0.2) is 0 Å². The molecule has 0 spiro atoms. The lowest BCUT2D eigenvalue weighted by Crippen LogP contribution is -2.33. The fourth-order valence-corrected chi connectivity index (χ4v) is 4.52. The minimum absolute atomic E-state index is 0.00721. The molecule has 0 bridgehead atoms. The second-order valence-electron chi connectivity index (χ2n) is 8.84. The van der Waals surface area contributed by atoms with Crippen molar-refractivity contribution in [1.29, 1.82) is 5.26 Å². The molecule has 2 aromatic carbocycles. The van der Waals surface area contributed by atoms with Crippen molar-refractivity contribution in [2.24, 2.45) is 5.92 Å². The zero-order valence-corrected chi connectivity index (χ0v) is 19.8.